The Kier molecular flexibility index (Phi) is 2.45. The van der Waals surface area contributed by atoms with Crippen LogP contribution in [0.3, 0.4) is 0 Å². The van der Waals surface area contributed by atoms with Crippen molar-refractivity contribution in [3.8, 4) is 0 Å². The molecule has 0 bridgehead atoms. The maximum Gasteiger partial charge on any atom is 0.160 e. The zero-order valence-electron chi connectivity index (χ0n) is 9.39. The summed E-state index contributed by atoms with van der Waals surface area (Å²) in [7, 11) is 0. The van der Waals surface area contributed by atoms with E-state index in [4.69, 9.17) is 11.6 Å². The molecule has 2 aromatic rings. The number of nitrogens with one attached hydrogen (secondary N) is 1. The van der Waals surface area contributed by atoms with Crippen molar-refractivity contribution in [2.45, 2.75) is 25.5 Å². The standard InChI is InChI=1S/C11H13ClN4O/c1-6-2-7(17)5-16(6)11-8-4-13-10(12)3-9(8)14-15-11/h3-4,6-7,17H,2,5H2,1H3,(H,14,15). The number of halogens is 1. The molecule has 2 N–H and O–H groups in total. The Morgan fingerprint density at radius 2 is 2.41 bits per heavy atom. The van der Waals surface area contributed by atoms with Gasteiger partial charge < -0.3 is 10.0 Å². The predicted octanol–water partition coefficient (Wildman–Crippen LogP) is 1.57. The van der Waals surface area contributed by atoms with Gasteiger partial charge in [0.2, 0.25) is 0 Å². The van der Waals surface area contributed by atoms with Crippen molar-refractivity contribution in [2.24, 2.45) is 0 Å². The number of pyridine rings is 1. The number of hydrogen-bond donors (Lipinski definition) is 2. The minimum atomic E-state index is -0.281. The Balaban J connectivity index is 2.06. The minimum Gasteiger partial charge on any atom is -0.391 e. The average molecular weight is 253 g/mol. The fraction of sp³-hybridized carbons (Fsp3) is 0.455. The Morgan fingerprint density at radius 1 is 1.59 bits per heavy atom. The summed E-state index contributed by atoms with van der Waals surface area (Å²) >= 11 is 5.83. The molecule has 2 unspecified atom stereocenters. The van der Waals surface area contributed by atoms with Crippen LogP contribution in [0.2, 0.25) is 5.15 Å². The molecule has 2 atom stereocenters. The van der Waals surface area contributed by atoms with E-state index in [9.17, 15) is 5.11 Å². The third-order valence-electron chi connectivity index (χ3n) is 3.22. The monoisotopic (exact) mass is 252 g/mol. The SMILES string of the molecule is CC1CC(O)CN1c1n[nH]c2cc(Cl)ncc12. The number of H-pyrrole nitrogens is 1. The fourth-order valence-corrected chi connectivity index (χ4v) is 2.55. The van der Waals surface area contributed by atoms with E-state index < -0.39 is 0 Å². The number of aromatic nitrogens is 3. The zero-order chi connectivity index (χ0) is 12.0. The number of rotatable bonds is 1. The quantitative estimate of drug-likeness (QED) is 0.757. The van der Waals surface area contributed by atoms with Crippen molar-refractivity contribution < 1.29 is 5.11 Å². The zero-order valence-corrected chi connectivity index (χ0v) is 10.1. The van der Waals surface area contributed by atoms with E-state index in [0.29, 0.717) is 11.7 Å². The smallest absolute Gasteiger partial charge is 0.160 e. The van der Waals surface area contributed by atoms with Crippen LogP contribution in [0, 0.1) is 0 Å². The van der Waals surface area contributed by atoms with Crippen molar-refractivity contribution in [1.82, 2.24) is 15.2 Å². The number of aromatic amines is 1. The van der Waals surface area contributed by atoms with Crippen molar-refractivity contribution >= 4 is 28.3 Å². The predicted molar refractivity (Wildman–Crippen MR) is 66.3 cm³/mol. The molecule has 0 aliphatic carbocycles. The van der Waals surface area contributed by atoms with E-state index in [1.807, 2.05) is 0 Å². The van der Waals surface area contributed by atoms with Crippen molar-refractivity contribution in [1.29, 1.82) is 0 Å². The van der Waals surface area contributed by atoms with E-state index in [1.165, 1.54) is 0 Å². The van der Waals surface area contributed by atoms with Gasteiger partial charge >= 0.3 is 0 Å². The van der Waals surface area contributed by atoms with Gasteiger partial charge in [-0.25, -0.2) is 4.98 Å². The highest BCUT2D eigenvalue weighted by atomic mass is 35.5. The Bertz CT molecular complexity index is 555. The van der Waals surface area contributed by atoms with Gasteiger partial charge in [-0.2, -0.15) is 5.10 Å². The molecule has 3 rings (SSSR count). The molecule has 6 heteroatoms. The molecule has 1 fully saturated rings. The summed E-state index contributed by atoms with van der Waals surface area (Å²) in [6, 6.07) is 2.04. The molecule has 0 spiro atoms. The third-order valence-corrected chi connectivity index (χ3v) is 3.43. The van der Waals surface area contributed by atoms with Gasteiger partial charge in [-0.3, -0.25) is 5.10 Å². The first-order chi connectivity index (χ1) is 8.15. The summed E-state index contributed by atoms with van der Waals surface area (Å²) in [6.45, 7) is 2.70. The summed E-state index contributed by atoms with van der Waals surface area (Å²) in [5.41, 5.74) is 0.869. The molecule has 0 amide bonds. The third kappa shape index (κ3) is 1.75. The molecule has 1 saturated heterocycles. The number of nitrogens with zero attached hydrogens (tertiary/aromatic N) is 3. The Labute approximate surface area is 103 Å². The highest BCUT2D eigenvalue weighted by Crippen LogP contribution is 2.30. The lowest BCUT2D eigenvalue weighted by atomic mass is 10.2. The molecule has 2 aromatic heterocycles. The summed E-state index contributed by atoms with van der Waals surface area (Å²) in [5, 5.41) is 18.3. The number of β-amino-alcohol motifs (C(OH)–C–C–N with tert-alkyl or cyclic N) is 1. The minimum absolute atomic E-state index is 0.281. The van der Waals surface area contributed by atoms with E-state index in [0.717, 1.165) is 23.1 Å². The number of hydrogen-bond acceptors (Lipinski definition) is 4. The Hall–Kier alpha value is -1.33. The fourth-order valence-electron chi connectivity index (χ4n) is 2.39. The molecular formula is C11H13ClN4O. The summed E-state index contributed by atoms with van der Waals surface area (Å²) in [5.74, 6) is 0.841. The maximum absolute atomic E-state index is 9.67. The van der Waals surface area contributed by atoms with Crippen LogP contribution in [0.25, 0.3) is 10.9 Å². The molecule has 1 aliphatic rings. The van der Waals surface area contributed by atoms with E-state index in [-0.39, 0.29) is 12.1 Å². The summed E-state index contributed by atoms with van der Waals surface area (Å²) in [6.07, 6.45) is 2.21. The van der Waals surface area contributed by atoms with Gasteiger partial charge in [-0.1, -0.05) is 11.6 Å². The number of fused-ring (bicyclic) bond motifs is 1. The van der Waals surface area contributed by atoms with Gasteiger partial charge in [0.15, 0.2) is 5.82 Å². The molecule has 0 radical (unpaired) electrons. The summed E-state index contributed by atoms with van der Waals surface area (Å²) < 4.78 is 0. The van der Waals surface area contributed by atoms with E-state index >= 15 is 0 Å². The number of aliphatic hydroxyl groups excluding tert-OH is 1. The van der Waals surface area contributed by atoms with Crippen molar-refractivity contribution in [3.05, 3.63) is 17.4 Å². The lowest BCUT2D eigenvalue weighted by molar-refractivity contribution is 0.195. The Morgan fingerprint density at radius 3 is 3.12 bits per heavy atom. The lowest BCUT2D eigenvalue weighted by Crippen LogP contribution is -2.27. The van der Waals surface area contributed by atoms with Crippen LogP contribution >= 0.6 is 11.6 Å². The maximum atomic E-state index is 9.67. The number of anilines is 1. The first-order valence-corrected chi connectivity index (χ1v) is 5.97. The van der Waals surface area contributed by atoms with Gasteiger partial charge in [0.1, 0.15) is 5.15 Å². The van der Waals surface area contributed by atoms with Crippen LogP contribution in [-0.4, -0.2) is 39.0 Å². The molecule has 0 aromatic carbocycles. The van der Waals surface area contributed by atoms with Crippen LogP contribution in [-0.2, 0) is 0 Å². The highest BCUT2D eigenvalue weighted by Gasteiger charge is 2.30. The largest absolute Gasteiger partial charge is 0.391 e. The van der Waals surface area contributed by atoms with E-state index in [2.05, 4.69) is 27.0 Å². The molecule has 17 heavy (non-hydrogen) atoms. The van der Waals surface area contributed by atoms with Gasteiger partial charge in [0.25, 0.3) is 0 Å². The first kappa shape index (κ1) is 10.8. The van der Waals surface area contributed by atoms with Crippen molar-refractivity contribution in [3.63, 3.8) is 0 Å². The molecule has 3 heterocycles. The molecule has 90 valence electrons. The number of aliphatic hydroxyl groups is 1. The normalized spacial score (nSPS) is 24.8. The van der Waals surface area contributed by atoms with Crippen LogP contribution in [0.1, 0.15) is 13.3 Å². The molecular weight excluding hydrogens is 240 g/mol. The second-order valence-corrected chi connectivity index (χ2v) is 4.88. The second-order valence-electron chi connectivity index (χ2n) is 4.49. The first-order valence-electron chi connectivity index (χ1n) is 5.59. The van der Waals surface area contributed by atoms with Gasteiger partial charge in [0.05, 0.1) is 17.0 Å². The molecule has 5 nitrogen and oxygen atoms in total. The van der Waals surface area contributed by atoms with E-state index in [1.54, 1.807) is 12.3 Å². The van der Waals surface area contributed by atoms with Crippen LogP contribution < -0.4 is 4.90 Å². The van der Waals surface area contributed by atoms with Crippen LogP contribution in [0.5, 0.6) is 0 Å². The van der Waals surface area contributed by atoms with Crippen molar-refractivity contribution in [2.75, 3.05) is 11.4 Å². The van der Waals surface area contributed by atoms with Crippen LogP contribution in [0.15, 0.2) is 12.3 Å². The van der Waals surface area contributed by atoms with Gasteiger partial charge in [-0.05, 0) is 13.3 Å². The topological polar surface area (TPSA) is 65.0 Å². The van der Waals surface area contributed by atoms with Crippen LogP contribution in [0.4, 0.5) is 5.82 Å². The summed E-state index contributed by atoms with van der Waals surface area (Å²) in [4.78, 5) is 6.17. The lowest BCUT2D eigenvalue weighted by Gasteiger charge is -2.20. The molecule has 0 saturated carbocycles. The average Bonchev–Trinajstić information content (AvgIpc) is 2.81. The molecule has 1 aliphatic heterocycles. The second kappa shape index (κ2) is 3.85. The van der Waals surface area contributed by atoms with Gasteiger partial charge in [-0.15, -0.1) is 0 Å². The van der Waals surface area contributed by atoms with Gasteiger partial charge in [0, 0.05) is 24.8 Å². The highest BCUT2D eigenvalue weighted by molar-refractivity contribution is 6.30.